The lowest BCUT2D eigenvalue weighted by molar-refractivity contribution is 0.101. The van der Waals surface area contributed by atoms with Gasteiger partial charge < -0.3 is 5.73 Å². The molecule has 1 aromatic carbocycles. The van der Waals surface area contributed by atoms with Gasteiger partial charge in [0.15, 0.2) is 5.78 Å². The van der Waals surface area contributed by atoms with E-state index in [0.29, 0.717) is 5.69 Å². The van der Waals surface area contributed by atoms with Gasteiger partial charge >= 0.3 is 0 Å². The lowest BCUT2D eigenvalue weighted by atomic mass is 10.1. The third-order valence-electron chi connectivity index (χ3n) is 1.37. The van der Waals surface area contributed by atoms with Crippen molar-refractivity contribution >= 4 is 34.1 Å². The molecule has 0 fully saturated rings. The topological polar surface area (TPSA) is 43.1 Å². The molecule has 0 unspecified atom stereocenters. The minimum Gasteiger partial charge on any atom is -0.399 e. The molecule has 0 aromatic heterocycles. The van der Waals surface area contributed by atoms with Crippen molar-refractivity contribution in [3.8, 4) is 0 Å². The summed E-state index contributed by atoms with van der Waals surface area (Å²) in [6.07, 6.45) is 0. The molecule has 0 saturated heterocycles. The Bertz CT molecular complexity index is 296. The van der Waals surface area contributed by atoms with Crippen molar-refractivity contribution in [2.24, 2.45) is 0 Å². The second-order valence-corrected chi connectivity index (χ2v) is 3.46. The molecule has 0 aliphatic rings. The smallest absolute Gasteiger partial charge is 0.160 e. The summed E-state index contributed by atoms with van der Waals surface area (Å²) in [7, 11) is 0. The number of hydrogen-bond acceptors (Lipinski definition) is 2. The Morgan fingerprint density at radius 3 is 2.64 bits per heavy atom. The van der Waals surface area contributed by atoms with Crippen LogP contribution in [0.5, 0.6) is 0 Å². The number of ketones is 1. The lowest BCUT2D eigenvalue weighted by Crippen LogP contribution is -1.96. The van der Waals surface area contributed by atoms with E-state index in [2.05, 4.69) is 22.6 Å². The molecule has 2 nitrogen and oxygen atoms in total. The van der Waals surface area contributed by atoms with Gasteiger partial charge in [-0.05, 0) is 47.7 Å². The Morgan fingerprint density at radius 1 is 1.55 bits per heavy atom. The maximum atomic E-state index is 10.9. The fourth-order valence-corrected chi connectivity index (χ4v) is 1.74. The van der Waals surface area contributed by atoms with Gasteiger partial charge in [-0.25, -0.2) is 0 Å². The van der Waals surface area contributed by atoms with Crippen molar-refractivity contribution in [2.75, 3.05) is 5.73 Å². The van der Waals surface area contributed by atoms with E-state index >= 15 is 0 Å². The first-order chi connectivity index (χ1) is 5.11. The van der Waals surface area contributed by atoms with E-state index in [-0.39, 0.29) is 5.78 Å². The molecule has 0 spiro atoms. The standard InChI is InChI=1S/C8H8INO/c1-5(11)7-3-2-6(10)4-8(7)9/h2-4H,10H2,1H3. The molecule has 0 saturated carbocycles. The summed E-state index contributed by atoms with van der Waals surface area (Å²) >= 11 is 2.10. The molecule has 0 bridgehead atoms. The summed E-state index contributed by atoms with van der Waals surface area (Å²) in [5.41, 5.74) is 6.94. The van der Waals surface area contributed by atoms with Crippen LogP contribution in [0.15, 0.2) is 18.2 Å². The highest BCUT2D eigenvalue weighted by atomic mass is 127. The van der Waals surface area contributed by atoms with Crippen molar-refractivity contribution in [3.63, 3.8) is 0 Å². The molecule has 11 heavy (non-hydrogen) atoms. The van der Waals surface area contributed by atoms with Crippen molar-refractivity contribution < 1.29 is 4.79 Å². The molecule has 0 aliphatic heterocycles. The van der Waals surface area contributed by atoms with Gasteiger partial charge in [0.05, 0.1) is 0 Å². The zero-order valence-electron chi connectivity index (χ0n) is 6.10. The van der Waals surface area contributed by atoms with Gasteiger partial charge in [-0.1, -0.05) is 0 Å². The maximum Gasteiger partial charge on any atom is 0.160 e. The first-order valence-corrected chi connectivity index (χ1v) is 4.25. The molecule has 0 radical (unpaired) electrons. The van der Waals surface area contributed by atoms with E-state index in [4.69, 9.17) is 5.73 Å². The summed E-state index contributed by atoms with van der Waals surface area (Å²) in [4.78, 5) is 10.9. The van der Waals surface area contributed by atoms with Gasteiger partial charge in [-0.3, -0.25) is 4.79 Å². The number of rotatable bonds is 1. The fraction of sp³-hybridized carbons (Fsp3) is 0.125. The Hall–Kier alpha value is -0.580. The monoisotopic (exact) mass is 261 g/mol. The van der Waals surface area contributed by atoms with E-state index < -0.39 is 0 Å². The number of halogens is 1. The number of carbonyl (C=O) groups is 1. The van der Waals surface area contributed by atoms with E-state index in [9.17, 15) is 4.79 Å². The normalized spacial score (nSPS) is 9.64. The number of nitrogens with two attached hydrogens (primary N) is 1. The Balaban J connectivity index is 3.20. The molecule has 0 aliphatic carbocycles. The molecule has 1 rings (SSSR count). The maximum absolute atomic E-state index is 10.9. The van der Waals surface area contributed by atoms with E-state index in [1.54, 1.807) is 25.1 Å². The van der Waals surface area contributed by atoms with Crippen LogP contribution in [-0.2, 0) is 0 Å². The van der Waals surface area contributed by atoms with Crippen LogP contribution in [0.25, 0.3) is 0 Å². The number of benzene rings is 1. The number of carbonyl (C=O) groups excluding carboxylic acids is 1. The van der Waals surface area contributed by atoms with Gasteiger partial charge in [0, 0.05) is 14.8 Å². The second-order valence-electron chi connectivity index (χ2n) is 2.30. The Morgan fingerprint density at radius 2 is 2.18 bits per heavy atom. The van der Waals surface area contributed by atoms with Crippen LogP contribution in [0.1, 0.15) is 17.3 Å². The first kappa shape index (κ1) is 8.52. The van der Waals surface area contributed by atoms with Gasteiger partial charge in [0.2, 0.25) is 0 Å². The Labute approximate surface area is 78.9 Å². The zero-order chi connectivity index (χ0) is 8.43. The quantitative estimate of drug-likeness (QED) is 0.477. The molecule has 0 atom stereocenters. The summed E-state index contributed by atoms with van der Waals surface area (Å²) in [6.45, 7) is 1.55. The van der Waals surface area contributed by atoms with Crippen molar-refractivity contribution in [3.05, 3.63) is 27.3 Å². The summed E-state index contributed by atoms with van der Waals surface area (Å²) < 4.78 is 0.912. The predicted molar refractivity (Wildman–Crippen MR) is 53.6 cm³/mol. The van der Waals surface area contributed by atoms with Gasteiger partial charge in [0.1, 0.15) is 0 Å². The highest BCUT2D eigenvalue weighted by Crippen LogP contribution is 2.15. The molecular weight excluding hydrogens is 253 g/mol. The average Bonchev–Trinajstić information content (AvgIpc) is 1.85. The highest BCUT2D eigenvalue weighted by molar-refractivity contribution is 14.1. The molecule has 58 valence electrons. The van der Waals surface area contributed by atoms with Gasteiger partial charge in [0.25, 0.3) is 0 Å². The van der Waals surface area contributed by atoms with E-state index in [1.165, 1.54) is 0 Å². The Kier molecular flexibility index (Phi) is 2.49. The van der Waals surface area contributed by atoms with Crippen LogP contribution in [0, 0.1) is 3.57 Å². The van der Waals surface area contributed by atoms with Crippen LogP contribution >= 0.6 is 22.6 Å². The SMILES string of the molecule is CC(=O)c1ccc(N)cc1I. The summed E-state index contributed by atoms with van der Waals surface area (Å²) in [5, 5.41) is 0. The van der Waals surface area contributed by atoms with Crippen LogP contribution in [0.4, 0.5) is 5.69 Å². The minimum atomic E-state index is 0.0781. The van der Waals surface area contributed by atoms with Crippen LogP contribution in [0.3, 0.4) is 0 Å². The molecule has 0 amide bonds. The average molecular weight is 261 g/mol. The molecule has 0 heterocycles. The minimum absolute atomic E-state index is 0.0781. The highest BCUT2D eigenvalue weighted by Gasteiger charge is 2.03. The molecule has 2 N–H and O–H groups in total. The van der Waals surface area contributed by atoms with Crippen LogP contribution < -0.4 is 5.73 Å². The van der Waals surface area contributed by atoms with E-state index in [1.807, 2.05) is 0 Å². The fourth-order valence-electron chi connectivity index (χ4n) is 0.817. The van der Waals surface area contributed by atoms with Crippen molar-refractivity contribution in [2.45, 2.75) is 6.92 Å². The molecule has 1 aromatic rings. The van der Waals surface area contributed by atoms with Gasteiger partial charge in [-0.15, -0.1) is 0 Å². The van der Waals surface area contributed by atoms with Crippen LogP contribution in [0.2, 0.25) is 0 Å². The number of Topliss-reactive ketones (excluding diaryl/α,β-unsaturated/α-hetero) is 1. The second kappa shape index (κ2) is 3.21. The van der Waals surface area contributed by atoms with Gasteiger partial charge in [-0.2, -0.15) is 0 Å². The lowest BCUT2D eigenvalue weighted by Gasteiger charge is -1.99. The first-order valence-electron chi connectivity index (χ1n) is 3.17. The summed E-state index contributed by atoms with van der Waals surface area (Å²) in [6, 6.07) is 5.27. The number of hydrogen-bond donors (Lipinski definition) is 1. The summed E-state index contributed by atoms with van der Waals surface area (Å²) in [5.74, 6) is 0.0781. The predicted octanol–water partition coefficient (Wildman–Crippen LogP) is 2.08. The largest absolute Gasteiger partial charge is 0.399 e. The molecule has 3 heteroatoms. The van der Waals surface area contributed by atoms with Crippen molar-refractivity contribution in [1.29, 1.82) is 0 Å². The number of anilines is 1. The molecular formula is C8H8INO. The number of nitrogen functional groups attached to an aromatic ring is 1. The zero-order valence-corrected chi connectivity index (χ0v) is 8.25. The third-order valence-corrected chi connectivity index (χ3v) is 2.26. The van der Waals surface area contributed by atoms with E-state index in [0.717, 1.165) is 9.13 Å². The van der Waals surface area contributed by atoms with Crippen molar-refractivity contribution in [1.82, 2.24) is 0 Å². The van der Waals surface area contributed by atoms with Crippen LogP contribution in [-0.4, -0.2) is 5.78 Å². The third kappa shape index (κ3) is 1.92.